The molecule has 1 saturated carbocycles. The number of rotatable bonds is 15. The van der Waals surface area contributed by atoms with E-state index < -0.39 is 29.2 Å². The average molecular weight is 609 g/mol. The minimum absolute atomic E-state index is 0.001000. The highest BCUT2D eigenvalue weighted by molar-refractivity contribution is 6.23. The Morgan fingerprint density at radius 2 is 1.98 bits per heavy atom. The highest BCUT2D eigenvalue weighted by Gasteiger charge is 2.42. The third-order valence-corrected chi connectivity index (χ3v) is 8.80. The smallest absolute Gasteiger partial charge is 0.262 e. The summed E-state index contributed by atoms with van der Waals surface area (Å²) in [6.07, 6.45) is 7.79. The zero-order chi connectivity index (χ0) is 32.1. The van der Waals surface area contributed by atoms with E-state index in [1.54, 1.807) is 42.6 Å². The number of imide groups is 1. The van der Waals surface area contributed by atoms with E-state index in [0.717, 1.165) is 30.6 Å². The number of nitrogens with zero attached hydrogens (tertiary/aromatic N) is 4. The fourth-order valence-electron chi connectivity index (χ4n) is 5.97. The second kappa shape index (κ2) is 13.3. The highest BCUT2D eigenvalue weighted by atomic mass is 16.2. The molecule has 5 N–H and O–H groups in total. The van der Waals surface area contributed by atoms with Gasteiger partial charge in [0.2, 0.25) is 5.91 Å². The second-order valence-corrected chi connectivity index (χ2v) is 12.0. The summed E-state index contributed by atoms with van der Waals surface area (Å²) in [5.41, 5.74) is 8.50. The van der Waals surface area contributed by atoms with Crippen molar-refractivity contribution < 1.29 is 19.2 Å². The minimum Gasteiger partial charge on any atom is -0.385 e. The number of hydrogen-bond donors (Lipinski definition) is 4. The number of fused-ring (bicyclic) bond motifs is 2. The van der Waals surface area contributed by atoms with Gasteiger partial charge in [-0.05, 0) is 81.3 Å². The Kier molecular flexibility index (Phi) is 9.29. The van der Waals surface area contributed by atoms with E-state index in [1.807, 2.05) is 6.92 Å². The van der Waals surface area contributed by atoms with Crippen LogP contribution in [0.25, 0.3) is 11.0 Å². The molecule has 0 bridgehead atoms. The van der Waals surface area contributed by atoms with Crippen molar-refractivity contribution in [2.24, 2.45) is 11.7 Å². The summed E-state index contributed by atoms with van der Waals surface area (Å²) in [7, 11) is 0. The number of anilines is 1. The van der Waals surface area contributed by atoms with Crippen molar-refractivity contribution in [2.45, 2.75) is 62.9 Å². The zero-order valence-electron chi connectivity index (χ0n) is 25.1. The molecule has 232 valence electrons. The first-order valence-electron chi connectivity index (χ1n) is 15.1. The maximum Gasteiger partial charge on any atom is 0.262 e. The number of primary amides is 1. The molecule has 2 atom stereocenters. The lowest BCUT2D eigenvalue weighted by atomic mass is 9.76. The van der Waals surface area contributed by atoms with Crippen molar-refractivity contribution in [3.63, 3.8) is 0 Å². The van der Waals surface area contributed by atoms with E-state index in [2.05, 4.69) is 21.7 Å². The molecular weight excluding hydrogens is 572 g/mol. The van der Waals surface area contributed by atoms with Crippen molar-refractivity contribution in [3.05, 3.63) is 65.0 Å². The molecule has 1 aliphatic carbocycles. The number of nitriles is 1. The van der Waals surface area contributed by atoms with Gasteiger partial charge in [-0.25, -0.2) is 4.98 Å². The molecule has 3 amide bonds. The molecule has 5 rings (SSSR count). The van der Waals surface area contributed by atoms with Crippen molar-refractivity contribution in [2.75, 3.05) is 18.4 Å². The van der Waals surface area contributed by atoms with Gasteiger partial charge in [0, 0.05) is 37.5 Å². The quantitative estimate of drug-likeness (QED) is 0.0867. The predicted molar refractivity (Wildman–Crippen MR) is 168 cm³/mol. The van der Waals surface area contributed by atoms with Crippen molar-refractivity contribution in [3.8, 4) is 6.07 Å². The van der Waals surface area contributed by atoms with Gasteiger partial charge in [-0.3, -0.25) is 24.3 Å². The number of nitrogens with two attached hydrogens (primary N) is 1. The van der Waals surface area contributed by atoms with Crippen LogP contribution in [0.4, 0.5) is 5.69 Å². The van der Waals surface area contributed by atoms with Crippen LogP contribution in [-0.4, -0.2) is 70.3 Å². The Labute approximate surface area is 260 Å². The molecule has 2 unspecified atom stereocenters. The Morgan fingerprint density at radius 1 is 1.20 bits per heavy atom. The maximum atomic E-state index is 13.0. The lowest BCUT2D eigenvalue weighted by Crippen LogP contribution is -2.47. The van der Waals surface area contributed by atoms with Gasteiger partial charge in [-0.2, -0.15) is 5.26 Å². The molecule has 12 nitrogen and oxygen atoms in total. The van der Waals surface area contributed by atoms with Crippen LogP contribution in [0.5, 0.6) is 0 Å². The molecule has 0 spiro atoms. The van der Waals surface area contributed by atoms with Crippen molar-refractivity contribution in [1.29, 1.82) is 10.7 Å². The molecule has 0 saturated heterocycles. The summed E-state index contributed by atoms with van der Waals surface area (Å²) in [4.78, 5) is 58.6. The summed E-state index contributed by atoms with van der Waals surface area (Å²) >= 11 is 0. The van der Waals surface area contributed by atoms with E-state index >= 15 is 0 Å². The number of nitrogens with one attached hydrogen (secondary N) is 3. The molecule has 0 radical (unpaired) electrons. The first-order valence-corrected chi connectivity index (χ1v) is 15.1. The van der Waals surface area contributed by atoms with Crippen LogP contribution in [0.15, 0.2) is 42.6 Å². The number of aldehydes is 1. The summed E-state index contributed by atoms with van der Waals surface area (Å²) in [6.45, 7) is 3.22. The first kappa shape index (κ1) is 31.4. The Morgan fingerprint density at radius 3 is 2.69 bits per heavy atom. The van der Waals surface area contributed by atoms with Gasteiger partial charge in [-0.1, -0.05) is 0 Å². The molecule has 1 fully saturated rings. The SMILES string of the molecule is CC(C=N)(CNC1CC(CCCNc2ccc3c(c2)C(=O)N(C(CCC=O)C(N)=O)C3=O)C1)c1cnc2ccc(C#N)cc2n1. The van der Waals surface area contributed by atoms with E-state index in [0.29, 0.717) is 59.3 Å². The van der Waals surface area contributed by atoms with Crippen LogP contribution in [0.2, 0.25) is 0 Å². The van der Waals surface area contributed by atoms with Crippen LogP contribution >= 0.6 is 0 Å². The van der Waals surface area contributed by atoms with Crippen LogP contribution in [-0.2, 0) is 15.0 Å². The summed E-state index contributed by atoms with van der Waals surface area (Å²) < 4.78 is 0. The Bertz CT molecular complexity index is 1700. The minimum atomic E-state index is -1.16. The third kappa shape index (κ3) is 6.58. The molecular formula is C33H36N8O4. The summed E-state index contributed by atoms with van der Waals surface area (Å²) in [6, 6.07) is 11.5. The molecule has 3 aromatic rings. The largest absolute Gasteiger partial charge is 0.385 e. The monoisotopic (exact) mass is 608 g/mol. The second-order valence-electron chi connectivity index (χ2n) is 12.0. The molecule has 1 aromatic heterocycles. The van der Waals surface area contributed by atoms with Gasteiger partial charge in [0.1, 0.15) is 12.3 Å². The number of aromatic nitrogens is 2. The lowest BCUT2D eigenvalue weighted by molar-refractivity contribution is -0.122. The number of carbonyl (C=O) groups is 4. The van der Waals surface area contributed by atoms with Crippen molar-refractivity contribution >= 4 is 46.9 Å². The van der Waals surface area contributed by atoms with Crippen LogP contribution in [0.3, 0.4) is 0 Å². The van der Waals surface area contributed by atoms with E-state index in [4.69, 9.17) is 16.1 Å². The topological polar surface area (TPSA) is 195 Å². The fraction of sp³-hybridized carbons (Fsp3) is 0.394. The van der Waals surface area contributed by atoms with Gasteiger partial charge >= 0.3 is 0 Å². The predicted octanol–water partition coefficient (Wildman–Crippen LogP) is 3.10. The number of carbonyl (C=O) groups excluding carboxylic acids is 4. The third-order valence-electron chi connectivity index (χ3n) is 8.80. The van der Waals surface area contributed by atoms with Gasteiger partial charge in [0.25, 0.3) is 11.8 Å². The molecule has 12 heteroatoms. The Hall–Kier alpha value is -5.02. The van der Waals surface area contributed by atoms with E-state index in [1.165, 1.54) is 6.21 Å². The van der Waals surface area contributed by atoms with Crippen LogP contribution in [0, 0.1) is 22.7 Å². The fourth-order valence-corrected chi connectivity index (χ4v) is 5.97. The number of benzene rings is 2. The van der Waals surface area contributed by atoms with Gasteiger partial charge in [0.15, 0.2) is 0 Å². The maximum absolute atomic E-state index is 13.0. The molecule has 2 aromatic carbocycles. The lowest BCUT2D eigenvalue weighted by Gasteiger charge is -2.38. The first-order chi connectivity index (χ1) is 21.7. The highest BCUT2D eigenvalue weighted by Crippen LogP contribution is 2.33. The number of hydrogen-bond acceptors (Lipinski definition) is 10. The normalized spacial score (nSPS) is 19.2. The van der Waals surface area contributed by atoms with Gasteiger partial charge in [-0.15, -0.1) is 0 Å². The molecule has 1 aliphatic heterocycles. The van der Waals surface area contributed by atoms with Crippen LogP contribution in [0.1, 0.15) is 77.4 Å². The summed E-state index contributed by atoms with van der Waals surface area (Å²) in [5, 5.41) is 24.2. The summed E-state index contributed by atoms with van der Waals surface area (Å²) in [5.74, 6) is -1.40. The molecule has 2 aliphatic rings. The van der Waals surface area contributed by atoms with E-state index in [-0.39, 0.29) is 24.0 Å². The Balaban J connectivity index is 1.07. The molecule has 45 heavy (non-hydrogen) atoms. The van der Waals surface area contributed by atoms with Gasteiger partial charge in [0.05, 0.1) is 51.1 Å². The zero-order valence-corrected chi connectivity index (χ0v) is 25.1. The van der Waals surface area contributed by atoms with Gasteiger partial charge < -0.3 is 26.6 Å². The van der Waals surface area contributed by atoms with E-state index in [9.17, 15) is 24.4 Å². The molecule has 2 heterocycles. The standard InChI is InChI=1S/C33H36N8O4/c1-33(18-35,29-17-38-26-9-6-21(16-34)14-27(26)40-29)19-39-23-12-20(13-23)4-2-10-37-22-7-8-24-25(15-22)32(45)41(31(24)44)28(30(36)43)5-3-11-42/h6-9,11,14-15,17-18,20,23,28,35,37,39H,2-5,10,12-13,19H2,1H3,(H2,36,43). The number of amides is 3. The van der Waals surface area contributed by atoms with Crippen molar-refractivity contribution in [1.82, 2.24) is 20.2 Å². The average Bonchev–Trinajstić information content (AvgIpc) is 3.27. The van der Waals surface area contributed by atoms with Crippen LogP contribution < -0.4 is 16.4 Å².